The minimum Gasteiger partial charge on any atom is -0.377 e. The number of carbonyl (C=O) groups excluding carboxylic acids is 1. The maximum atomic E-state index is 12.5. The van der Waals surface area contributed by atoms with Crippen molar-refractivity contribution in [2.75, 3.05) is 59.0 Å². The van der Waals surface area contributed by atoms with Gasteiger partial charge in [-0.2, -0.15) is 0 Å². The fourth-order valence-electron chi connectivity index (χ4n) is 4.40. The molecule has 1 N–H and O–H groups in total. The minimum atomic E-state index is 0.106. The van der Waals surface area contributed by atoms with Gasteiger partial charge in [0, 0.05) is 58.5 Å². The molecule has 0 aliphatic carbocycles. The second-order valence-corrected chi connectivity index (χ2v) is 8.28. The average molecular weight is 353 g/mol. The minimum absolute atomic E-state index is 0.106. The molecule has 0 aromatic rings. The zero-order valence-electron chi connectivity index (χ0n) is 16.1. The molecule has 0 spiro atoms. The summed E-state index contributed by atoms with van der Waals surface area (Å²) in [4.78, 5) is 19.4. The molecule has 0 aromatic heterocycles. The lowest BCUT2D eigenvalue weighted by atomic mass is 10.00. The summed E-state index contributed by atoms with van der Waals surface area (Å²) in [5.41, 5.74) is 0. The number of hydrogen-bond donors (Lipinski definition) is 1. The van der Waals surface area contributed by atoms with Crippen molar-refractivity contribution in [1.82, 2.24) is 20.0 Å². The molecule has 3 rings (SSSR count). The van der Waals surface area contributed by atoms with E-state index in [0.717, 1.165) is 51.8 Å². The predicted molar refractivity (Wildman–Crippen MR) is 99.8 cm³/mol. The summed E-state index contributed by atoms with van der Waals surface area (Å²) >= 11 is 0. The van der Waals surface area contributed by atoms with E-state index in [9.17, 15) is 4.79 Å². The van der Waals surface area contributed by atoms with Gasteiger partial charge >= 0.3 is 6.03 Å². The maximum absolute atomic E-state index is 12.5. The Bertz CT molecular complexity index is 420. The number of piperidine rings is 1. The molecule has 0 radical (unpaired) electrons. The van der Waals surface area contributed by atoms with Crippen LogP contribution in [0, 0.1) is 5.92 Å². The van der Waals surface area contributed by atoms with Crippen LogP contribution in [0.2, 0.25) is 0 Å². The molecule has 0 saturated carbocycles. The van der Waals surface area contributed by atoms with Crippen LogP contribution in [0.3, 0.4) is 0 Å². The van der Waals surface area contributed by atoms with Crippen molar-refractivity contribution in [2.24, 2.45) is 5.92 Å². The third-order valence-electron chi connectivity index (χ3n) is 5.79. The standard InChI is InChI=1S/C19H36N4O2/c1-16-5-3-7-22(13-16)14-17(2)20-19(24)23-10-8-21(9-11-23)15-18-6-4-12-25-18/h16-18H,3-15H2,1-2H3,(H,20,24). The first-order chi connectivity index (χ1) is 12.1. The number of nitrogens with zero attached hydrogens (tertiary/aromatic N) is 3. The Morgan fingerprint density at radius 3 is 2.60 bits per heavy atom. The smallest absolute Gasteiger partial charge is 0.317 e. The summed E-state index contributed by atoms with van der Waals surface area (Å²) in [6, 6.07) is 0.317. The van der Waals surface area contributed by atoms with E-state index < -0.39 is 0 Å². The summed E-state index contributed by atoms with van der Waals surface area (Å²) < 4.78 is 5.72. The quantitative estimate of drug-likeness (QED) is 0.817. The summed E-state index contributed by atoms with van der Waals surface area (Å²) in [5.74, 6) is 0.786. The second kappa shape index (κ2) is 9.19. The molecule has 3 aliphatic heterocycles. The number of ether oxygens (including phenoxy) is 1. The molecule has 2 amide bonds. The van der Waals surface area contributed by atoms with E-state index in [1.165, 1.54) is 38.8 Å². The van der Waals surface area contributed by atoms with Crippen molar-refractivity contribution in [3.8, 4) is 0 Å². The Morgan fingerprint density at radius 1 is 1.12 bits per heavy atom. The van der Waals surface area contributed by atoms with Gasteiger partial charge < -0.3 is 19.9 Å². The molecule has 144 valence electrons. The van der Waals surface area contributed by atoms with Crippen LogP contribution in [0.4, 0.5) is 4.79 Å². The highest BCUT2D eigenvalue weighted by atomic mass is 16.5. The molecule has 3 fully saturated rings. The Kier molecular flexibility index (Phi) is 6.96. The largest absolute Gasteiger partial charge is 0.377 e. The molecular weight excluding hydrogens is 316 g/mol. The first kappa shape index (κ1) is 18.9. The van der Waals surface area contributed by atoms with Crippen LogP contribution in [0.25, 0.3) is 0 Å². The number of nitrogens with one attached hydrogen (secondary N) is 1. The van der Waals surface area contributed by atoms with Crippen molar-refractivity contribution < 1.29 is 9.53 Å². The third kappa shape index (κ3) is 5.83. The second-order valence-electron chi connectivity index (χ2n) is 8.28. The van der Waals surface area contributed by atoms with Crippen molar-refractivity contribution in [2.45, 2.75) is 51.7 Å². The van der Waals surface area contributed by atoms with Gasteiger partial charge in [-0.25, -0.2) is 4.79 Å². The van der Waals surface area contributed by atoms with Crippen molar-refractivity contribution in [1.29, 1.82) is 0 Å². The Labute approximate surface area is 152 Å². The highest BCUT2D eigenvalue weighted by molar-refractivity contribution is 5.74. The van der Waals surface area contributed by atoms with E-state index in [0.29, 0.717) is 6.10 Å². The Balaban J connectivity index is 1.34. The van der Waals surface area contributed by atoms with Crippen molar-refractivity contribution >= 4 is 6.03 Å². The maximum Gasteiger partial charge on any atom is 0.317 e. The van der Waals surface area contributed by atoms with Crippen LogP contribution in [-0.4, -0.2) is 91.8 Å². The summed E-state index contributed by atoms with van der Waals surface area (Å²) in [7, 11) is 0. The van der Waals surface area contributed by atoms with Gasteiger partial charge in [0.25, 0.3) is 0 Å². The van der Waals surface area contributed by atoms with Gasteiger partial charge in [0.15, 0.2) is 0 Å². The topological polar surface area (TPSA) is 48.1 Å². The molecule has 3 aliphatic rings. The lowest BCUT2D eigenvalue weighted by Gasteiger charge is -2.37. The van der Waals surface area contributed by atoms with Gasteiger partial charge in [0.1, 0.15) is 0 Å². The van der Waals surface area contributed by atoms with E-state index >= 15 is 0 Å². The highest BCUT2D eigenvalue weighted by Crippen LogP contribution is 2.16. The SMILES string of the molecule is CC1CCCN(CC(C)NC(=O)N2CCN(CC3CCCO3)CC2)C1. The number of urea groups is 1. The van der Waals surface area contributed by atoms with E-state index in [4.69, 9.17) is 4.74 Å². The van der Waals surface area contributed by atoms with Crippen LogP contribution in [0.15, 0.2) is 0 Å². The number of amides is 2. The highest BCUT2D eigenvalue weighted by Gasteiger charge is 2.26. The molecule has 6 nitrogen and oxygen atoms in total. The third-order valence-corrected chi connectivity index (χ3v) is 5.79. The van der Waals surface area contributed by atoms with E-state index in [-0.39, 0.29) is 12.1 Å². The lowest BCUT2D eigenvalue weighted by molar-refractivity contribution is 0.0557. The Morgan fingerprint density at radius 2 is 1.92 bits per heavy atom. The van der Waals surface area contributed by atoms with Crippen molar-refractivity contribution in [3.05, 3.63) is 0 Å². The molecule has 6 heteroatoms. The summed E-state index contributed by atoms with van der Waals surface area (Å²) in [6.07, 6.45) is 5.42. The Hall–Kier alpha value is -0.850. The summed E-state index contributed by atoms with van der Waals surface area (Å²) in [5, 5.41) is 3.20. The molecule has 3 heterocycles. The van der Waals surface area contributed by atoms with E-state index in [1.54, 1.807) is 0 Å². The molecule has 0 aromatic carbocycles. The van der Waals surface area contributed by atoms with E-state index in [2.05, 4.69) is 29.0 Å². The zero-order valence-corrected chi connectivity index (χ0v) is 16.1. The van der Waals surface area contributed by atoms with Crippen LogP contribution >= 0.6 is 0 Å². The molecule has 25 heavy (non-hydrogen) atoms. The number of likely N-dealkylation sites (tertiary alicyclic amines) is 1. The number of piperazine rings is 1. The monoisotopic (exact) mass is 352 g/mol. The number of rotatable bonds is 5. The van der Waals surface area contributed by atoms with Gasteiger partial charge in [-0.15, -0.1) is 0 Å². The first-order valence-corrected chi connectivity index (χ1v) is 10.2. The number of carbonyl (C=O) groups is 1. The van der Waals surface area contributed by atoms with Gasteiger partial charge in [0.2, 0.25) is 0 Å². The van der Waals surface area contributed by atoms with Gasteiger partial charge in [-0.1, -0.05) is 6.92 Å². The van der Waals surface area contributed by atoms with Crippen LogP contribution in [-0.2, 0) is 4.74 Å². The normalized spacial score (nSPS) is 30.4. The van der Waals surface area contributed by atoms with Gasteiger partial charge in [-0.05, 0) is 45.1 Å². The first-order valence-electron chi connectivity index (χ1n) is 10.2. The summed E-state index contributed by atoms with van der Waals surface area (Å²) in [6.45, 7) is 13.3. The molecule has 0 bridgehead atoms. The van der Waals surface area contributed by atoms with Gasteiger partial charge in [-0.3, -0.25) is 4.90 Å². The lowest BCUT2D eigenvalue weighted by Crippen LogP contribution is -2.55. The van der Waals surface area contributed by atoms with Gasteiger partial charge in [0.05, 0.1) is 6.10 Å². The average Bonchev–Trinajstić information content (AvgIpc) is 3.08. The fourth-order valence-corrected chi connectivity index (χ4v) is 4.40. The van der Waals surface area contributed by atoms with Crippen molar-refractivity contribution in [3.63, 3.8) is 0 Å². The predicted octanol–water partition coefficient (Wildman–Crippen LogP) is 1.61. The zero-order chi connectivity index (χ0) is 17.6. The fraction of sp³-hybridized carbons (Fsp3) is 0.947. The van der Waals surface area contributed by atoms with Crippen LogP contribution < -0.4 is 5.32 Å². The van der Waals surface area contributed by atoms with E-state index in [1.807, 2.05) is 4.90 Å². The molecule has 3 saturated heterocycles. The van der Waals surface area contributed by atoms with Crippen LogP contribution in [0.5, 0.6) is 0 Å². The number of hydrogen-bond acceptors (Lipinski definition) is 4. The molecule has 3 unspecified atom stereocenters. The molecular formula is C19H36N4O2. The molecule has 3 atom stereocenters. The van der Waals surface area contributed by atoms with Crippen LogP contribution in [0.1, 0.15) is 39.5 Å².